The molecule has 1 saturated heterocycles. The number of carbonyl (C=O) groups is 2. The lowest BCUT2D eigenvalue weighted by molar-refractivity contribution is -0.384. The Morgan fingerprint density at radius 2 is 1.76 bits per heavy atom. The van der Waals surface area contributed by atoms with Gasteiger partial charge in [-0.1, -0.05) is 24.3 Å². The monoisotopic (exact) mass is 398 g/mol. The number of nitrogens with one attached hydrogen (secondary N) is 1. The number of nitrogens with zero attached hydrogens (tertiary/aromatic N) is 3. The predicted octanol–water partition coefficient (Wildman–Crippen LogP) is 1.44. The molecule has 0 atom stereocenters. The van der Waals surface area contributed by atoms with Gasteiger partial charge in [-0.05, 0) is 18.2 Å². The van der Waals surface area contributed by atoms with Crippen molar-refractivity contribution in [2.24, 2.45) is 0 Å². The van der Waals surface area contributed by atoms with Gasteiger partial charge in [-0.25, -0.2) is 0 Å². The van der Waals surface area contributed by atoms with Crippen LogP contribution >= 0.6 is 0 Å². The summed E-state index contributed by atoms with van der Waals surface area (Å²) in [4.78, 5) is 38.4. The molecule has 0 aromatic heterocycles. The Bertz CT molecular complexity index is 866. The maximum atomic E-state index is 12.3. The second kappa shape index (κ2) is 9.54. The van der Waals surface area contributed by atoms with Crippen LogP contribution in [0.4, 0.5) is 11.4 Å². The van der Waals surface area contributed by atoms with Gasteiger partial charge in [0.1, 0.15) is 5.75 Å². The molecule has 2 aromatic carbocycles. The molecule has 9 nitrogen and oxygen atoms in total. The van der Waals surface area contributed by atoms with Crippen molar-refractivity contribution >= 4 is 23.2 Å². The molecular weight excluding hydrogens is 376 g/mol. The summed E-state index contributed by atoms with van der Waals surface area (Å²) < 4.78 is 5.34. The van der Waals surface area contributed by atoms with E-state index < -0.39 is 4.92 Å². The summed E-state index contributed by atoms with van der Waals surface area (Å²) in [5.41, 5.74) is 0.805. The fourth-order valence-electron chi connectivity index (χ4n) is 3.02. The number of benzene rings is 2. The van der Waals surface area contributed by atoms with Crippen molar-refractivity contribution in [1.82, 2.24) is 10.2 Å². The van der Waals surface area contributed by atoms with Gasteiger partial charge in [-0.2, -0.15) is 0 Å². The van der Waals surface area contributed by atoms with Gasteiger partial charge in [0.15, 0.2) is 6.61 Å². The molecule has 3 rings (SSSR count). The quantitative estimate of drug-likeness (QED) is 0.559. The molecule has 0 radical (unpaired) electrons. The molecule has 0 spiro atoms. The molecule has 0 aliphatic carbocycles. The lowest BCUT2D eigenvalue weighted by Gasteiger charge is -2.36. The summed E-state index contributed by atoms with van der Waals surface area (Å²) in [5, 5.41) is 13.5. The highest BCUT2D eigenvalue weighted by Crippen LogP contribution is 2.22. The molecule has 152 valence electrons. The van der Waals surface area contributed by atoms with E-state index >= 15 is 0 Å². The molecule has 1 fully saturated rings. The van der Waals surface area contributed by atoms with E-state index in [4.69, 9.17) is 4.74 Å². The zero-order valence-electron chi connectivity index (χ0n) is 15.8. The fraction of sp³-hybridized carbons (Fsp3) is 0.300. The molecule has 2 aromatic rings. The Hall–Kier alpha value is -3.62. The molecule has 0 bridgehead atoms. The SMILES string of the molecule is O=C(COc1ccccc1)NCC(=O)N1CCN(c2cccc([N+](=O)[O-])c2)CC1. The third kappa shape index (κ3) is 5.68. The Kier molecular flexibility index (Phi) is 6.62. The summed E-state index contributed by atoms with van der Waals surface area (Å²) in [7, 11) is 0. The Morgan fingerprint density at radius 1 is 1.03 bits per heavy atom. The van der Waals surface area contributed by atoms with Crippen LogP contribution in [0.15, 0.2) is 54.6 Å². The number of carbonyl (C=O) groups excluding carboxylic acids is 2. The van der Waals surface area contributed by atoms with Gasteiger partial charge >= 0.3 is 0 Å². The van der Waals surface area contributed by atoms with Crippen LogP contribution < -0.4 is 15.0 Å². The highest BCUT2D eigenvalue weighted by atomic mass is 16.6. The van der Waals surface area contributed by atoms with Crippen molar-refractivity contribution in [2.75, 3.05) is 44.2 Å². The Morgan fingerprint density at radius 3 is 2.45 bits per heavy atom. The van der Waals surface area contributed by atoms with Gasteiger partial charge < -0.3 is 19.9 Å². The van der Waals surface area contributed by atoms with E-state index in [2.05, 4.69) is 5.32 Å². The van der Waals surface area contributed by atoms with Gasteiger partial charge in [0.05, 0.1) is 11.5 Å². The van der Waals surface area contributed by atoms with E-state index in [1.165, 1.54) is 12.1 Å². The number of rotatable bonds is 7. The fourth-order valence-corrected chi connectivity index (χ4v) is 3.02. The molecule has 0 saturated carbocycles. The lowest BCUT2D eigenvalue weighted by Crippen LogP contribution is -2.51. The van der Waals surface area contributed by atoms with Crippen LogP contribution in [0.3, 0.4) is 0 Å². The third-order valence-corrected chi connectivity index (χ3v) is 4.59. The second-order valence-electron chi connectivity index (χ2n) is 6.52. The van der Waals surface area contributed by atoms with Crippen molar-refractivity contribution in [1.29, 1.82) is 0 Å². The van der Waals surface area contributed by atoms with Crippen molar-refractivity contribution in [3.05, 3.63) is 64.7 Å². The molecule has 1 heterocycles. The maximum Gasteiger partial charge on any atom is 0.271 e. The van der Waals surface area contributed by atoms with Gasteiger partial charge in [0.2, 0.25) is 5.91 Å². The topological polar surface area (TPSA) is 105 Å². The van der Waals surface area contributed by atoms with Crippen LogP contribution in [0.25, 0.3) is 0 Å². The zero-order chi connectivity index (χ0) is 20.6. The third-order valence-electron chi connectivity index (χ3n) is 4.59. The highest BCUT2D eigenvalue weighted by molar-refractivity contribution is 5.85. The van der Waals surface area contributed by atoms with E-state index in [0.29, 0.717) is 31.9 Å². The summed E-state index contributed by atoms with van der Waals surface area (Å²) in [6, 6.07) is 15.4. The van der Waals surface area contributed by atoms with E-state index in [1.807, 2.05) is 29.2 Å². The van der Waals surface area contributed by atoms with Gasteiger partial charge in [-0.15, -0.1) is 0 Å². The van der Waals surface area contributed by atoms with Gasteiger partial charge in [-0.3, -0.25) is 19.7 Å². The minimum Gasteiger partial charge on any atom is -0.484 e. The molecule has 29 heavy (non-hydrogen) atoms. The largest absolute Gasteiger partial charge is 0.484 e. The van der Waals surface area contributed by atoms with Crippen LogP contribution in [0.2, 0.25) is 0 Å². The summed E-state index contributed by atoms with van der Waals surface area (Å²) in [6.45, 7) is 1.86. The Balaban J connectivity index is 1.41. The molecule has 0 unspecified atom stereocenters. The van der Waals surface area contributed by atoms with Crippen LogP contribution in [-0.2, 0) is 9.59 Å². The smallest absolute Gasteiger partial charge is 0.271 e. The van der Waals surface area contributed by atoms with E-state index in [-0.39, 0.29) is 30.7 Å². The average Bonchev–Trinajstić information content (AvgIpc) is 2.77. The first-order valence-corrected chi connectivity index (χ1v) is 9.24. The first-order chi connectivity index (χ1) is 14.0. The first kappa shape index (κ1) is 20.1. The van der Waals surface area contributed by atoms with E-state index in [0.717, 1.165) is 5.69 Å². The molecular formula is C20H22N4O5. The number of nitro benzene ring substituents is 1. The number of ether oxygens (including phenoxy) is 1. The summed E-state index contributed by atoms with van der Waals surface area (Å²) in [6.07, 6.45) is 0. The average molecular weight is 398 g/mol. The molecule has 1 aliphatic rings. The minimum absolute atomic E-state index is 0.0430. The van der Waals surface area contributed by atoms with Crippen molar-refractivity contribution in [2.45, 2.75) is 0 Å². The standard InChI is InChI=1S/C20H22N4O5/c25-19(15-29-18-7-2-1-3-8-18)21-14-20(26)23-11-9-22(10-12-23)16-5-4-6-17(13-16)24(27)28/h1-8,13H,9-12,14-15H2,(H,21,25). The number of non-ortho nitro benzene ring substituents is 1. The van der Waals surface area contributed by atoms with Crippen molar-refractivity contribution < 1.29 is 19.2 Å². The van der Waals surface area contributed by atoms with E-state index in [9.17, 15) is 19.7 Å². The maximum absolute atomic E-state index is 12.3. The van der Waals surface area contributed by atoms with Crippen LogP contribution in [-0.4, -0.2) is 61.0 Å². The van der Waals surface area contributed by atoms with Crippen molar-refractivity contribution in [3.63, 3.8) is 0 Å². The number of para-hydroxylation sites is 1. The number of hydrogen-bond acceptors (Lipinski definition) is 6. The van der Waals surface area contributed by atoms with E-state index in [1.54, 1.807) is 23.1 Å². The van der Waals surface area contributed by atoms with Gasteiger partial charge in [0.25, 0.3) is 11.6 Å². The molecule has 1 N–H and O–H groups in total. The minimum atomic E-state index is -0.423. The molecule has 9 heteroatoms. The number of amides is 2. The van der Waals surface area contributed by atoms with Gasteiger partial charge in [0, 0.05) is 44.0 Å². The summed E-state index contributed by atoms with van der Waals surface area (Å²) >= 11 is 0. The number of anilines is 1. The number of piperazine rings is 1. The van der Waals surface area contributed by atoms with Crippen LogP contribution in [0, 0.1) is 10.1 Å². The molecule has 2 amide bonds. The predicted molar refractivity (Wildman–Crippen MR) is 107 cm³/mol. The van der Waals surface area contributed by atoms with Crippen LogP contribution in [0.1, 0.15) is 0 Å². The summed E-state index contributed by atoms with van der Waals surface area (Å²) in [5.74, 6) is 0.0560. The van der Waals surface area contributed by atoms with Crippen LogP contribution in [0.5, 0.6) is 5.75 Å². The normalized spacial score (nSPS) is 13.7. The number of nitro groups is 1. The van der Waals surface area contributed by atoms with Crippen molar-refractivity contribution in [3.8, 4) is 5.75 Å². The number of hydrogen-bond donors (Lipinski definition) is 1. The second-order valence-corrected chi connectivity index (χ2v) is 6.52. The Labute approximate surface area is 168 Å². The lowest BCUT2D eigenvalue weighted by atomic mass is 10.2. The first-order valence-electron chi connectivity index (χ1n) is 9.24. The molecule has 1 aliphatic heterocycles. The zero-order valence-corrected chi connectivity index (χ0v) is 15.8. The highest BCUT2D eigenvalue weighted by Gasteiger charge is 2.22.